The van der Waals surface area contributed by atoms with E-state index in [1.807, 2.05) is 20.8 Å². The second-order valence-electron chi connectivity index (χ2n) is 4.18. The molecule has 0 saturated heterocycles. The summed E-state index contributed by atoms with van der Waals surface area (Å²) < 4.78 is 17.8. The van der Waals surface area contributed by atoms with E-state index in [4.69, 9.17) is 13.3 Å². The summed E-state index contributed by atoms with van der Waals surface area (Å²) in [6.07, 6.45) is 9.61. The van der Waals surface area contributed by atoms with Crippen LogP contribution in [0, 0.1) is 0 Å². The summed E-state index contributed by atoms with van der Waals surface area (Å²) in [4.78, 5) is 0. The molecule has 0 spiro atoms. The van der Waals surface area contributed by atoms with Crippen molar-refractivity contribution in [2.24, 2.45) is 0 Å². The van der Waals surface area contributed by atoms with Crippen LogP contribution in [0.25, 0.3) is 0 Å². The maximum absolute atomic E-state index is 5.94. The van der Waals surface area contributed by atoms with Crippen LogP contribution in [-0.2, 0) is 13.3 Å². The van der Waals surface area contributed by atoms with Gasteiger partial charge in [0.2, 0.25) is 0 Å². The molecule has 0 fully saturated rings. The van der Waals surface area contributed by atoms with Crippen LogP contribution >= 0.6 is 0 Å². The molecule has 4 heteroatoms. The predicted octanol–water partition coefficient (Wildman–Crippen LogP) is 3.31. The smallest absolute Gasteiger partial charge is 0.373 e. The fourth-order valence-electron chi connectivity index (χ4n) is 2.13. The lowest BCUT2D eigenvalue weighted by Gasteiger charge is -2.40. The van der Waals surface area contributed by atoms with E-state index in [2.05, 4.69) is 31.2 Å². The Hall–Kier alpha value is -0.423. The highest BCUT2D eigenvalue weighted by Crippen LogP contribution is 2.44. The Morgan fingerprint density at radius 2 is 1.35 bits per heavy atom. The highest BCUT2D eigenvalue weighted by atomic mass is 28.4. The molecule has 1 aliphatic carbocycles. The average Bonchev–Trinajstić information content (AvgIpc) is 2.31. The molecule has 0 heterocycles. The third-order valence-electron chi connectivity index (χ3n) is 2.86. The summed E-state index contributed by atoms with van der Waals surface area (Å²) in [6.45, 7) is 9.93. The first kappa shape index (κ1) is 14.6. The number of allylic oxidation sites excluding steroid dienone is 4. The van der Waals surface area contributed by atoms with Crippen molar-refractivity contribution in [2.45, 2.75) is 39.2 Å². The van der Waals surface area contributed by atoms with Gasteiger partial charge in [0.25, 0.3) is 0 Å². The fraction of sp³-hybridized carbons (Fsp3) is 0.692. The molecule has 0 N–H and O–H groups in total. The lowest BCUT2D eigenvalue weighted by Crippen LogP contribution is -2.54. The Balaban J connectivity index is 3.04. The summed E-state index contributed by atoms with van der Waals surface area (Å²) >= 11 is 0. The lowest BCUT2D eigenvalue weighted by molar-refractivity contribution is 0.0584. The Bertz CT molecular complexity index is 257. The molecule has 17 heavy (non-hydrogen) atoms. The van der Waals surface area contributed by atoms with Crippen molar-refractivity contribution in [3.05, 3.63) is 24.3 Å². The molecule has 0 aromatic rings. The van der Waals surface area contributed by atoms with Gasteiger partial charge in [-0.1, -0.05) is 24.3 Å². The van der Waals surface area contributed by atoms with Crippen LogP contribution in [0.15, 0.2) is 24.3 Å². The fourth-order valence-corrected chi connectivity index (χ4v) is 5.09. The molecular formula is C13H24O3Si. The van der Waals surface area contributed by atoms with Gasteiger partial charge in [-0.05, 0) is 34.1 Å². The second kappa shape index (κ2) is 6.49. The Morgan fingerprint density at radius 3 is 1.71 bits per heavy atom. The zero-order valence-electron chi connectivity index (χ0n) is 11.4. The van der Waals surface area contributed by atoms with Crippen LogP contribution in [0.2, 0.25) is 5.04 Å². The molecule has 0 bridgehead atoms. The lowest BCUT2D eigenvalue weighted by atomic mass is 10.0. The van der Waals surface area contributed by atoms with E-state index in [0.717, 1.165) is 6.42 Å². The first-order valence-corrected chi connectivity index (χ1v) is 8.13. The summed E-state index contributed by atoms with van der Waals surface area (Å²) in [5, 5.41) is -0.243. The minimum absolute atomic E-state index is 0.243. The molecule has 0 saturated carbocycles. The van der Waals surface area contributed by atoms with Gasteiger partial charge in [0, 0.05) is 19.8 Å². The van der Waals surface area contributed by atoms with E-state index < -0.39 is 8.80 Å². The first-order chi connectivity index (χ1) is 8.14. The van der Waals surface area contributed by atoms with Crippen LogP contribution < -0.4 is 0 Å². The van der Waals surface area contributed by atoms with Crippen molar-refractivity contribution >= 4 is 8.80 Å². The molecule has 0 unspecified atom stereocenters. The highest BCUT2D eigenvalue weighted by Gasteiger charge is 2.55. The van der Waals surface area contributed by atoms with Crippen molar-refractivity contribution in [1.29, 1.82) is 0 Å². The topological polar surface area (TPSA) is 27.7 Å². The summed E-state index contributed by atoms with van der Waals surface area (Å²) in [7, 11) is -2.69. The molecule has 98 valence electrons. The quantitative estimate of drug-likeness (QED) is 0.516. The zero-order valence-corrected chi connectivity index (χ0v) is 12.4. The zero-order chi connectivity index (χ0) is 12.8. The molecule has 0 atom stereocenters. The van der Waals surface area contributed by atoms with Gasteiger partial charge in [0.05, 0.1) is 5.04 Å². The van der Waals surface area contributed by atoms with Gasteiger partial charge in [0.1, 0.15) is 0 Å². The molecule has 0 amide bonds. The van der Waals surface area contributed by atoms with Gasteiger partial charge in [0.15, 0.2) is 0 Å². The normalized spacial score (nSPS) is 18.6. The third-order valence-corrected chi connectivity index (χ3v) is 6.52. The van der Waals surface area contributed by atoms with E-state index >= 15 is 0 Å². The van der Waals surface area contributed by atoms with Crippen molar-refractivity contribution in [3.8, 4) is 0 Å². The maximum atomic E-state index is 5.94. The minimum atomic E-state index is -2.69. The van der Waals surface area contributed by atoms with Crippen molar-refractivity contribution < 1.29 is 13.3 Å². The molecule has 0 aromatic carbocycles. The third kappa shape index (κ3) is 3.07. The Kier molecular flexibility index (Phi) is 5.59. The van der Waals surface area contributed by atoms with Crippen molar-refractivity contribution in [1.82, 2.24) is 0 Å². The molecule has 0 radical (unpaired) electrons. The molecule has 1 rings (SSSR count). The number of rotatable bonds is 7. The molecular weight excluding hydrogens is 232 g/mol. The number of hydrogen-bond donors (Lipinski definition) is 0. The van der Waals surface area contributed by atoms with Crippen LogP contribution in [0.4, 0.5) is 0 Å². The highest BCUT2D eigenvalue weighted by molar-refractivity contribution is 6.65. The molecule has 0 aliphatic heterocycles. The summed E-state index contributed by atoms with van der Waals surface area (Å²) in [5.41, 5.74) is 0. The summed E-state index contributed by atoms with van der Waals surface area (Å²) in [6, 6.07) is 0. The van der Waals surface area contributed by atoms with Crippen LogP contribution in [0.1, 0.15) is 34.1 Å². The second-order valence-corrected chi connectivity index (χ2v) is 7.23. The van der Waals surface area contributed by atoms with E-state index in [1.165, 1.54) is 0 Å². The monoisotopic (exact) mass is 256 g/mol. The van der Waals surface area contributed by atoms with E-state index in [1.54, 1.807) is 0 Å². The van der Waals surface area contributed by atoms with E-state index in [0.29, 0.717) is 19.8 Å². The van der Waals surface area contributed by atoms with Crippen molar-refractivity contribution in [3.63, 3.8) is 0 Å². The predicted molar refractivity (Wildman–Crippen MR) is 71.9 cm³/mol. The number of hydrogen-bond acceptors (Lipinski definition) is 3. The van der Waals surface area contributed by atoms with Gasteiger partial charge < -0.3 is 13.3 Å². The van der Waals surface area contributed by atoms with Crippen LogP contribution in [0.3, 0.4) is 0 Å². The average molecular weight is 256 g/mol. The van der Waals surface area contributed by atoms with Gasteiger partial charge in [-0.3, -0.25) is 0 Å². The standard InChI is InChI=1S/C13H24O3Si/c1-5-14-17(15-6-2,16-7-3)13(4)11-9-8-10-12-13/h9-12H,5-8H2,1-4H3. The molecule has 3 nitrogen and oxygen atoms in total. The maximum Gasteiger partial charge on any atom is 0.515 e. The van der Waals surface area contributed by atoms with Crippen LogP contribution in [0.5, 0.6) is 0 Å². The Morgan fingerprint density at radius 1 is 0.941 bits per heavy atom. The van der Waals surface area contributed by atoms with Crippen LogP contribution in [-0.4, -0.2) is 28.6 Å². The SMILES string of the molecule is CCO[Si](OCC)(OCC)C1(C)C=CCC=C1. The molecule has 0 aromatic heterocycles. The van der Waals surface area contributed by atoms with Gasteiger partial charge in [-0.2, -0.15) is 0 Å². The van der Waals surface area contributed by atoms with Gasteiger partial charge in [-0.15, -0.1) is 0 Å². The Labute approximate surface area is 106 Å². The largest absolute Gasteiger partial charge is 0.515 e. The van der Waals surface area contributed by atoms with Crippen molar-refractivity contribution in [2.75, 3.05) is 19.8 Å². The molecule has 1 aliphatic rings. The van der Waals surface area contributed by atoms with Gasteiger partial charge >= 0.3 is 8.80 Å². The van der Waals surface area contributed by atoms with E-state index in [-0.39, 0.29) is 5.04 Å². The summed E-state index contributed by atoms with van der Waals surface area (Å²) in [5.74, 6) is 0. The van der Waals surface area contributed by atoms with Gasteiger partial charge in [-0.25, -0.2) is 0 Å². The van der Waals surface area contributed by atoms with E-state index in [9.17, 15) is 0 Å². The first-order valence-electron chi connectivity index (χ1n) is 6.41. The minimum Gasteiger partial charge on any atom is -0.373 e.